The van der Waals surface area contributed by atoms with Crippen LogP contribution < -0.4 is 10.1 Å². The molecule has 7 nitrogen and oxygen atoms in total. The predicted octanol–water partition coefficient (Wildman–Crippen LogP) is 3.16. The summed E-state index contributed by atoms with van der Waals surface area (Å²) in [5.41, 5.74) is 0.483. The molecule has 156 valence electrons. The maximum atomic E-state index is 12.7. The van der Waals surface area contributed by atoms with Gasteiger partial charge < -0.3 is 14.8 Å². The van der Waals surface area contributed by atoms with Crippen LogP contribution in [0.3, 0.4) is 0 Å². The van der Waals surface area contributed by atoms with Gasteiger partial charge in [0.2, 0.25) is 10.0 Å². The number of amides is 1. The van der Waals surface area contributed by atoms with Crippen molar-refractivity contribution in [3.8, 4) is 5.75 Å². The standard InChI is InChI=1S/C20H23ClN2O5S/c1-2-18(28-19-6-4-3-5-17(19)21)20(24)22-15-7-9-16(10-8-15)29(25,26)23-11-13-27-14-12-23/h3-10,18H,2,11-14H2,1H3,(H,22,24). The predicted molar refractivity (Wildman–Crippen MR) is 111 cm³/mol. The number of rotatable bonds is 7. The van der Waals surface area contributed by atoms with E-state index in [4.69, 9.17) is 21.1 Å². The lowest BCUT2D eigenvalue weighted by Crippen LogP contribution is -2.40. The highest BCUT2D eigenvalue weighted by Gasteiger charge is 2.26. The molecule has 0 bridgehead atoms. The summed E-state index contributed by atoms with van der Waals surface area (Å²) in [5, 5.41) is 3.18. The molecule has 1 N–H and O–H groups in total. The Morgan fingerprint density at radius 2 is 1.83 bits per heavy atom. The number of ether oxygens (including phenoxy) is 2. The van der Waals surface area contributed by atoms with Crippen molar-refractivity contribution in [2.24, 2.45) is 0 Å². The number of nitrogens with one attached hydrogen (secondary N) is 1. The van der Waals surface area contributed by atoms with Gasteiger partial charge in [-0.25, -0.2) is 8.42 Å². The summed E-state index contributed by atoms with van der Waals surface area (Å²) >= 11 is 6.09. The van der Waals surface area contributed by atoms with E-state index in [1.54, 1.807) is 36.4 Å². The van der Waals surface area contributed by atoms with Crippen LogP contribution in [0.15, 0.2) is 53.4 Å². The normalized spacial score (nSPS) is 16.2. The average Bonchev–Trinajstić information content (AvgIpc) is 2.74. The van der Waals surface area contributed by atoms with E-state index in [0.717, 1.165) is 0 Å². The summed E-state index contributed by atoms with van der Waals surface area (Å²) in [6.45, 7) is 3.27. The van der Waals surface area contributed by atoms with Gasteiger partial charge >= 0.3 is 0 Å². The van der Waals surface area contributed by atoms with Crippen LogP contribution in [0.4, 0.5) is 5.69 Å². The van der Waals surface area contributed by atoms with E-state index >= 15 is 0 Å². The number of para-hydroxylation sites is 1. The van der Waals surface area contributed by atoms with Gasteiger partial charge in [-0.15, -0.1) is 0 Å². The first-order chi connectivity index (χ1) is 13.9. The first kappa shape index (κ1) is 21.6. The topological polar surface area (TPSA) is 84.9 Å². The number of carbonyl (C=O) groups excluding carboxylic acids is 1. The third-order valence-corrected chi connectivity index (χ3v) is 6.72. The Labute approximate surface area is 175 Å². The molecular weight excluding hydrogens is 416 g/mol. The van der Waals surface area contributed by atoms with E-state index in [0.29, 0.717) is 49.2 Å². The minimum absolute atomic E-state index is 0.178. The quantitative estimate of drug-likeness (QED) is 0.717. The summed E-state index contributed by atoms with van der Waals surface area (Å²) in [6.07, 6.45) is -0.285. The number of benzene rings is 2. The molecule has 1 fully saturated rings. The van der Waals surface area contributed by atoms with E-state index in [1.165, 1.54) is 16.4 Å². The third kappa shape index (κ3) is 5.27. The van der Waals surface area contributed by atoms with Crippen LogP contribution in [0.2, 0.25) is 5.02 Å². The minimum Gasteiger partial charge on any atom is -0.479 e. The molecule has 0 spiro atoms. The number of hydrogen-bond acceptors (Lipinski definition) is 5. The van der Waals surface area contributed by atoms with E-state index in [2.05, 4.69) is 5.32 Å². The summed E-state index contributed by atoms with van der Waals surface area (Å²) in [7, 11) is -3.57. The Balaban J connectivity index is 1.66. The van der Waals surface area contributed by atoms with E-state index in [1.807, 2.05) is 6.92 Å². The fourth-order valence-corrected chi connectivity index (χ4v) is 4.47. The maximum Gasteiger partial charge on any atom is 0.265 e. The second-order valence-electron chi connectivity index (χ2n) is 6.48. The lowest BCUT2D eigenvalue weighted by molar-refractivity contribution is -0.122. The van der Waals surface area contributed by atoms with Gasteiger partial charge in [-0.3, -0.25) is 4.79 Å². The number of nitrogens with zero attached hydrogens (tertiary/aromatic N) is 1. The van der Waals surface area contributed by atoms with Gasteiger partial charge in [0.25, 0.3) is 5.91 Å². The molecule has 2 aromatic rings. The first-order valence-electron chi connectivity index (χ1n) is 9.32. The summed E-state index contributed by atoms with van der Waals surface area (Å²) in [4.78, 5) is 12.7. The molecule has 29 heavy (non-hydrogen) atoms. The van der Waals surface area contributed by atoms with Crippen LogP contribution in [-0.4, -0.2) is 51.0 Å². The van der Waals surface area contributed by atoms with Gasteiger partial charge in [0, 0.05) is 18.8 Å². The summed E-state index contributed by atoms with van der Waals surface area (Å²) < 4.78 is 37.6. The Bertz CT molecular complexity index is 944. The molecule has 2 aromatic carbocycles. The first-order valence-corrected chi connectivity index (χ1v) is 11.1. The highest BCUT2D eigenvalue weighted by molar-refractivity contribution is 7.89. The van der Waals surface area contributed by atoms with Crippen molar-refractivity contribution in [2.75, 3.05) is 31.6 Å². The summed E-state index contributed by atoms with van der Waals surface area (Å²) in [5.74, 6) is 0.0966. The summed E-state index contributed by atoms with van der Waals surface area (Å²) in [6, 6.07) is 13.0. The van der Waals surface area contributed by atoms with Crippen LogP contribution in [0.5, 0.6) is 5.75 Å². The SMILES string of the molecule is CCC(Oc1ccccc1Cl)C(=O)Nc1ccc(S(=O)(=O)N2CCOCC2)cc1. The highest BCUT2D eigenvalue weighted by atomic mass is 35.5. The zero-order valence-electron chi connectivity index (χ0n) is 16.0. The monoisotopic (exact) mass is 438 g/mol. The molecule has 1 saturated heterocycles. The number of anilines is 1. The number of halogens is 1. The molecule has 9 heteroatoms. The Morgan fingerprint density at radius 3 is 2.45 bits per heavy atom. The zero-order valence-corrected chi connectivity index (χ0v) is 17.6. The lowest BCUT2D eigenvalue weighted by atomic mass is 10.2. The molecule has 0 radical (unpaired) electrons. The molecule has 0 saturated carbocycles. The fourth-order valence-electron chi connectivity index (χ4n) is 2.88. The van der Waals surface area contributed by atoms with Crippen LogP contribution in [0, 0.1) is 0 Å². The molecular formula is C20H23ClN2O5S. The van der Waals surface area contributed by atoms with Crippen molar-refractivity contribution >= 4 is 33.2 Å². The number of carbonyl (C=O) groups is 1. The molecule has 3 rings (SSSR count). The molecule has 0 aliphatic carbocycles. The van der Waals surface area contributed by atoms with E-state index in [-0.39, 0.29) is 10.8 Å². The van der Waals surface area contributed by atoms with Gasteiger partial charge in [0.05, 0.1) is 23.1 Å². The van der Waals surface area contributed by atoms with Crippen LogP contribution in [0.1, 0.15) is 13.3 Å². The molecule has 1 aliphatic heterocycles. The van der Waals surface area contributed by atoms with Gasteiger partial charge in [-0.1, -0.05) is 30.7 Å². The van der Waals surface area contributed by atoms with Gasteiger partial charge in [0.1, 0.15) is 5.75 Å². The third-order valence-electron chi connectivity index (χ3n) is 4.50. The average molecular weight is 439 g/mol. The van der Waals surface area contributed by atoms with Crippen molar-refractivity contribution in [2.45, 2.75) is 24.3 Å². The van der Waals surface area contributed by atoms with Gasteiger partial charge in [0.15, 0.2) is 6.10 Å². The second kappa shape index (κ2) is 9.58. The van der Waals surface area contributed by atoms with Crippen molar-refractivity contribution in [3.05, 3.63) is 53.6 Å². The van der Waals surface area contributed by atoms with Gasteiger partial charge in [-0.05, 0) is 42.8 Å². The van der Waals surface area contributed by atoms with Crippen LogP contribution in [-0.2, 0) is 19.6 Å². The minimum atomic E-state index is -3.57. The largest absolute Gasteiger partial charge is 0.479 e. The zero-order chi connectivity index (χ0) is 20.9. The van der Waals surface area contributed by atoms with Crippen LogP contribution >= 0.6 is 11.6 Å². The van der Waals surface area contributed by atoms with Crippen molar-refractivity contribution in [1.82, 2.24) is 4.31 Å². The Hall–Kier alpha value is -2.13. The van der Waals surface area contributed by atoms with Gasteiger partial charge in [-0.2, -0.15) is 4.31 Å². The Morgan fingerprint density at radius 1 is 1.17 bits per heavy atom. The number of morpholine rings is 1. The Kier molecular flexibility index (Phi) is 7.13. The highest BCUT2D eigenvalue weighted by Crippen LogP contribution is 2.25. The van der Waals surface area contributed by atoms with E-state index in [9.17, 15) is 13.2 Å². The van der Waals surface area contributed by atoms with Crippen molar-refractivity contribution in [3.63, 3.8) is 0 Å². The molecule has 1 aliphatic rings. The number of sulfonamides is 1. The molecule has 1 amide bonds. The molecule has 0 aromatic heterocycles. The van der Waals surface area contributed by atoms with E-state index < -0.39 is 16.1 Å². The van der Waals surface area contributed by atoms with Crippen molar-refractivity contribution < 1.29 is 22.7 Å². The smallest absolute Gasteiger partial charge is 0.265 e. The molecule has 1 unspecified atom stereocenters. The van der Waals surface area contributed by atoms with Crippen LogP contribution in [0.25, 0.3) is 0 Å². The second-order valence-corrected chi connectivity index (χ2v) is 8.82. The lowest BCUT2D eigenvalue weighted by Gasteiger charge is -2.26. The fraction of sp³-hybridized carbons (Fsp3) is 0.350. The van der Waals surface area contributed by atoms with Crippen molar-refractivity contribution in [1.29, 1.82) is 0 Å². The molecule has 1 atom stereocenters. The maximum absolute atomic E-state index is 12.7. The molecule has 1 heterocycles. The number of hydrogen-bond donors (Lipinski definition) is 1.